The van der Waals surface area contributed by atoms with Crippen molar-refractivity contribution in [2.45, 2.75) is 31.7 Å². The fourth-order valence-corrected chi connectivity index (χ4v) is 2.12. The minimum Gasteiger partial charge on any atom is -0.480 e. The van der Waals surface area contributed by atoms with Gasteiger partial charge >= 0.3 is 5.97 Å². The molecule has 2 fully saturated rings. The summed E-state index contributed by atoms with van der Waals surface area (Å²) in [6.07, 6.45) is 4.09. The third-order valence-electron chi connectivity index (χ3n) is 3.17. The number of carboxylic acids is 1. The lowest BCUT2D eigenvalue weighted by molar-refractivity contribution is -0.145. The second-order valence-corrected chi connectivity index (χ2v) is 4.70. The summed E-state index contributed by atoms with van der Waals surface area (Å²) in [6.45, 7) is 1.32. The summed E-state index contributed by atoms with van der Waals surface area (Å²) in [5.41, 5.74) is 0. The molecule has 1 aliphatic heterocycles. The molecule has 1 atom stereocenters. The van der Waals surface area contributed by atoms with Crippen LogP contribution in [0.15, 0.2) is 0 Å². The largest absolute Gasteiger partial charge is 0.480 e. The molecule has 1 aliphatic carbocycles. The van der Waals surface area contributed by atoms with Gasteiger partial charge in [0.05, 0.1) is 6.04 Å². The maximum Gasteiger partial charge on any atom is 0.323 e. The summed E-state index contributed by atoms with van der Waals surface area (Å²) < 4.78 is 0. The quantitative estimate of drug-likeness (QED) is 0.695. The number of carboxylic acid groups (broad SMARTS) is 1. The zero-order chi connectivity index (χ0) is 11.5. The van der Waals surface area contributed by atoms with Crippen LogP contribution in [0.2, 0.25) is 0 Å². The molecule has 2 rings (SSSR count). The average Bonchev–Trinajstić information content (AvgIpc) is 2.88. The molecule has 0 unspecified atom stereocenters. The molecule has 16 heavy (non-hydrogen) atoms. The van der Waals surface area contributed by atoms with Gasteiger partial charge in [-0.3, -0.25) is 9.59 Å². The first-order chi connectivity index (χ1) is 7.66. The van der Waals surface area contributed by atoms with Crippen LogP contribution in [0, 0.1) is 5.92 Å². The van der Waals surface area contributed by atoms with Crippen molar-refractivity contribution in [3.05, 3.63) is 0 Å². The molecule has 0 radical (unpaired) electrons. The van der Waals surface area contributed by atoms with Gasteiger partial charge in [-0.1, -0.05) is 0 Å². The molecule has 1 saturated carbocycles. The van der Waals surface area contributed by atoms with Crippen LogP contribution in [0.3, 0.4) is 0 Å². The lowest BCUT2D eigenvalue weighted by Crippen LogP contribution is -2.46. The van der Waals surface area contributed by atoms with Gasteiger partial charge in [-0.05, 0) is 38.1 Å². The second-order valence-electron chi connectivity index (χ2n) is 4.70. The van der Waals surface area contributed by atoms with Crippen molar-refractivity contribution in [2.75, 3.05) is 19.6 Å². The van der Waals surface area contributed by atoms with Crippen LogP contribution in [0.4, 0.5) is 0 Å². The van der Waals surface area contributed by atoms with Crippen molar-refractivity contribution in [2.24, 2.45) is 5.92 Å². The van der Waals surface area contributed by atoms with Crippen molar-refractivity contribution in [1.82, 2.24) is 10.2 Å². The Kier molecular flexibility index (Phi) is 3.43. The third-order valence-corrected chi connectivity index (χ3v) is 3.17. The van der Waals surface area contributed by atoms with Crippen molar-refractivity contribution in [3.63, 3.8) is 0 Å². The summed E-state index contributed by atoms with van der Waals surface area (Å²) in [5.74, 6) is -0.427. The number of hydrogen-bond donors (Lipinski definition) is 2. The van der Waals surface area contributed by atoms with Gasteiger partial charge in [0.2, 0.25) is 5.91 Å². The van der Waals surface area contributed by atoms with Crippen LogP contribution in [-0.4, -0.2) is 47.6 Å². The minimum atomic E-state index is -0.924. The summed E-state index contributed by atoms with van der Waals surface area (Å²) in [6, 6.07) is -0.155. The number of rotatable bonds is 5. The monoisotopic (exact) mass is 226 g/mol. The lowest BCUT2D eigenvalue weighted by atomic mass is 10.2. The van der Waals surface area contributed by atoms with Crippen molar-refractivity contribution < 1.29 is 14.7 Å². The summed E-state index contributed by atoms with van der Waals surface area (Å²) in [7, 11) is 0. The van der Waals surface area contributed by atoms with Gasteiger partial charge in [-0.15, -0.1) is 0 Å². The fourth-order valence-electron chi connectivity index (χ4n) is 2.12. The maximum absolute atomic E-state index is 12.0. The van der Waals surface area contributed by atoms with Crippen molar-refractivity contribution in [1.29, 1.82) is 0 Å². The molecule has 2 N–H and O–H groups in total. The normalized spacial score (nSPS) is 24.4. The Morgan fingerprint density at radius 3 is 2.56 bits per heavy atom. The average molecular weight is 226 g/mol. The van der Waals surface area contributed by atoms with E-state index in [4.69, 9.17) is 5.11 Å². The first kappa shape index (κ1) is 11.4. The lowest BCUT2D eigenvalue weighted by Gasteiger charge is -2.23. The Bertz CT molecular complexity index is 283. The molecular weight excluding hydrogens is 208 g/mol. The highest BCUT2D eigenvalue weighted by atomic mass is 16.4. The van der Waals surface area contributed by atoms with E-state index in [1.54, 1.807) is 0 Å². The molecule has 5 nitrogen and oxygen atoms in total. The molecular formula is C11H18N2O3. The number of carbonyl (C=O) groups excluding carboxylic acids is 1. The Labute approximate surface area is 94.8 Å². The number of amides is 1. The molecule has 90 valence electrons. The Hall–Kier alpha value is -1.10. The molecule has 1 saturated heterocycles. The highest BCUT2D eigenvalue weighted by Crippen LogP contribution is 2.30. The van der Waals surface area contributed by atoms with Gasteiger partial charge < -0.3 is 15.3 Å². The van der Waals surface area contributed by atoms with Gasteiger partial charge in [-0.2, -0.15) is 0 Å². The Balaban J connectivity index is 1.92. The first-order valence-electron chi connectivity index (χ1n) is 5.91. The number of aliphatic carboxylic acids is 1. The predicted molar refractivity (Wildman–Crippen MR) is 58.0 cm³/mol. The molecule has 0 aromatic carbocycles. The highest BCUT2D eigenvalue weighted by molar-refractivity contribution is 5.85. The number of carbonyl (C=O) groups is 2. The third kappa shape index (κ3) is 2.95. The highest BCUT2D eigenvalue weighted by Gasteiger charge is 2.32. The fraction of sp³-hybridized carbons (Fsp3) is 0.818. The standard InChI is InChI=1S/C11H18N2O3/c14-10(15)7-13(6-8-3-4-8)11(16)9-2-1-5-12-9/h8-9,12H,1-7H2,(H,14,15)/t9-/m0/s1. The van der Waals surface area contributed by atoms with Gasteiger partial charge in [-0.25, -0.2) is 0 Å². The summed E-state index contributed by atoms with van der Waals surface area (Å²) in [5, 5.41) is 11.9. The second kappa shape index (κ2) is 4.82. The number of nitrogens with zero attached hydrogens (tertiary/aromatic N) is 1. The smallest absolute Gasteiger partial charge is 0.323 e. The van der Waals surface area contributed by atoms with Gasteiger partial charge in [0, 0.05) is 6.54 Å². The molecule has 0 aromatic heterocycles. The zero-order valence-electron chi connectivity index (χ0n) is 9.32. The molecule has 2 aliphatic rings. The van der Waals surface area contributed by atoms with E-state index in [1.807, 2.05) is 0 Å². The van der Waals surface area contributed by atoms with Crippen LogP contribution in [0.5, 0.6) is 0 Å². The molecule has 5 heteroatoms. The number of hydrogen-bond acceptors (Lipinski definition) is 3. The van der Waals surface area contributed by atoms with Gasteiger partial charge in [0.1, 0.15) is 6.54 Å². The van der Waals surface area contributed by atoms with E-state index in [0.29, 0.717) is 12.5 Å². The van der Waals surface area contributed by atoms with Gasteiger partial charge in [0.25, 0.3) is 0 Å². The minimum absolute atomic E-state index is 0.0354. The van der Waals surface area contributed by atoms with Crippen LogP contribution in [0.1, 0.15) is 25.7 Å². The van der Waals surface area contributed by atoms with E-state index in [2.05, 4.69) is 5.32 Å². The molecule has 1 heterocycles. The van der Waals surface area contributed by atoms with E-state index in [0.717, 1.165) is 32.2 Å². The van der Waals surface area contributed by atoms with Crippen molar-refractivity contribution >= 4 is 11.9 Å². The van der Waals surface area contributed by atoms with Crippen LogP contribution >= 0.6 is 0 Å². The number of nitrogens with one attached hydrogen (secondary N) is 1. The Morgan fingerprint density at radius 1 is 1.31 bits per heavy atom. The van der Waals surface area contributed by atoms with E-state index in [9.17, 15) is 9.59 Å². The van der Waals surface area contributed by atoms with Gasteiger partial charge in [0.15, 0.2) is 0 Å². The molecule has 0 aromatic rings. The van der Waals surface area contributed by atoms with Crippen LogP contribution in [-0.2, 0) is 9.59 Å². The van der Waals surface area contributed by atoms with Crippen LogP contribution in [0.25, 0.3) is 0 Å². The summed E-state index contributed by atoms with van der Waals surface area (Å²) >= 11 is 0. The van der Waals surface area contributed by atoms with E-state index in [-0.39, 0.29) is 18.5 Å². The summed E-state index contributed by atoms with van der Waals surface area (Å²) in [4.78, 5) is 24.3. The van der Waals surface area contributed by atoms with Crippen LogP contribution < -0.4 is 5.32 Å². The van der Waals surface area contributed by atoms with E-state index >= 15 is 0 Å². The Morgan fingerprint density at radius 2 is 2.06 bits per heavy atom. The maximum atomic E-state index is 12.0. The van der Waals surface area contributed by atoms with E-state index in [1.165, 1.54) is 4.90 Å². The molecule has 0 spiro atoms. The molecule has 1 amide bonds. The van der Waals surface area contributed by atoms with E-state index < -0.39 is 5.97 Å². The first-order valence-corrected chi connectivity index (χ1v) is 5.91. The predicted octanol–water partition coefficient (Wildman–Crippen LogP) is 0.0616. The topological polar surface area (TPSA) is 69.6 Å². The zero-order valence-corrected chi connectivity index (χ0v) is 9.32. The van der Waals surface area contributed by atoms with Crippen molar-refractivity contribution in [3.8, 4) is 0 Å². The molecule has 0 bridgehead atoms. The SMILES string of the molecule is O=C(O)CN(CC1CC1)C(=O)[C@@H]1CCCN1.